The fraction of sp³-hybridized carbons (Fsp3) is 0.821. The number of hydrogen-bond donors (Lipinski definition) is 3. The number of phosphoric ester groups is 1. The van der Waals surface area contributed by atoms with E-state index in [4.69, 9.17) is 9.05 Å². The molecule has 1 amide bonds. The van der Waals surface area contributed by atoms with Gasteiger partial charge in [0, 0.05) is 6.42 Å². The van der Waals surface area contributed by atoms with Crippen LogP contribution in [-0.4, -0.2) is 79.8 Å². The Kier molecular flexibility index (Phi) is 30.6. The normalized spacial score (nSPS) is 15.7. The molecule has 0 rings (SSSR count). The number of carbonyl (C=O) groups is 1. The topological polar surface area (TPSA) is 128 Å². The molecule has 0 fully saturated rings. The summed E-state index contributed by atoms with van der Waals surface area (Å²) >= 11 is 0. The monoisotopic (exact) mass is 715 g/mol. The van der Waals surface area contributed by atoms with Gasteiger partial charge in [0.1, 0.15) is 19.3 Å². The zero-order valence-electron chi connectivity index (χ0n) is 32.0. The second-order valence-corrected chi connectivity index (χ2v) is 15.8. The zero-order valence-corrected chi connectivity index (χ0v) is 32.9. The minimum Gasteiger partial charge on any atom is -0.756 e. The van der Waals surface area contributed by atoms with Gasteiger partial charge in [0.2, 0.25) is 5.91 Å². The Morgan fingerprint density at radius 3 is 1.76 bits per heavy atom. The second kappa shape index (κ2) is 31.4. The molecule has 0 aromatic heterocycles. The number of amides is 1. The van der Waals surface area contributed by atoms with Crippen molar-refractivity contribution >= 4 is 13.7 Å². The molecule has 0 saturated carbocycles. The summed E-state index contributed by atoms with van der Waals surface area (Å²) in [7, 11) is 1.09. The van der Waals surface area contributed by atoms with Crippen molar-refractivity contribution in [2.24, 2.45) is 0 Å². The number of rotatable bonds is 34. The van der Waals surface area contributed by atoms with Crippen LogP contribution >= 0.6 is 7.82 Å². The van der Waals surface area contributed by atoms with Crippen molar-refractivity contribution in [2.45, 2.75) is 167 Å². The van der Waals surface area contributed by atoms with Gasteiger partial charge in [-0.1, -0.05) is 102 Å². The Hall–Kier alpha value is -1.32. The lowest BCUT2D eigenvalue weighted by atomic mass is 10.0. The van der Waals surface area contributed by atoms with Crippen LogP contribution in [0, 0.1) is 0 Å². The van der Waals surface area contributed by atoms with Gasteiger partial charge < -0.3 is 34.0 Å². The second-order valence-electron chi connectivity index (χ2n) is 14.4. The van der Waals surface area contributed by atoms with Gasteiger partial charge in [0.15, 0.2) is 0 Å². The first-order valence-electron chi connectivity index (χ1n) is 19.4. The van der Waals surface area contributed by atoms with Crippen LogP contribution in [0.15, 0.2) is 36.5 Å². The molecule has 4 atom stereocenters. The number of unbranched alkanes of at least 4 members (excludes halogenated alkanes) is 14. The highest BCUT2D eigenvalue weighted by Crippen LogP contribution is 2.38. The number of likely N-dealkylation sites (N-methyl/N-ethyl adjacent to an activating group) is 1. The van der Waals surface area contributed by atoms with E-state index >= 15 is 0 Å². The Morgan fingerprint density at radius 1 is 0.714 bits per heavy atom. The van der Waals surface area contributed by atoms with Crippen molar-refractivity contribution in [1.29, 1.82) is 0 Å². The molecule has 10 heteroatoms. The third-order valence-corrected chi connectivity index (χ3v) is 9.38. The molecule has 0 spiro atoms. The predicted molar refractivity (Wildman–Crippen MR) is 202 cm³/mol. The molecule has 49 heavy (non-hydrogen) atoms. The lowest BCUT2D eigenvalue weighted by molar-refractivity contribution is -0.870. The van der Waals surface area contributed by atoms with E-state index in [2.05, 4.69) is 55.6 Å². The van der Waals surface area contributed by atoms with Crippen molar-refractivity contribution in [3.05, 3.63) is 36.5 Å². The van der Waals surface area contributed by atoms with Gasteiger partial charge in [0.05, 0.1) is 39.9 Å². The summed E-state index contributed by atoms with van der Waals surface area (Å²) < 4.78 is 23.0. The third-order valence-electron chi connectivity index (χ3n) is 8.42. The van der Waals surface area contributed by atoms with Gasteiger partial charge in [-0.25, -0.2) is 0 Å². The first-order valence-corrected chi connectivity index (χ1v) is 20.9. The molecule has 0 radical (unpaired) electrons. The standard InChI is InChI=1S/C39H75N2O7P/c1-6-8-10-12-14-16-18-20-22-24-26-28-30-32-38(43)40-36(35-48-49(45,46)47-34-33-41(3,4)5)39(44)37(42)31-29-27-25-23-21-19-17-15-13-11-9-7-2/h15-18,23,25,36-37,39,42,44H,6-14,19-22,24,26-35H2,1-5H3,(H-,40,43,45,46)/b17-15+,18-16-,25-23+. The van der Waals surface area contributed by atoms with Crippen LogP contribution in [0.2, 0.25) is 0 Å². The maximum atomic E-state index is 12.8. The first-order chi connectivity index (χ1) is 23.4. The third kappa shape index (κ3) is 32.3. The number of phosphoric acid groups is 1. The highest BCUT2D eigenvalue weighted by atomic mass is 31.2. The summed E-state index contributed by atoms with van der Waals surface area (Å²) in [5, 5.41) is 24.4. The molecule has 0 aromatic carbocycles. The molecule has 0 aromatic rings. The minimum atomic E-state index is -4.67. The summed E-state index contributed by atoms with van der Waals surface area (Å²) in [5.41, 5.74) is 0. The zero-order chi connectivity index (χ0) is 36.6. The first kappa shape index (κ1) is 47.7. The van der Waals surface area contributed by atoms with Crippen LogP contribution in [0.25, 0.3) is 0 Å². The van der Waals surface area contributed by atoms with E-state index in [0.29, 0.717) is 30.3 Å². The predicted octanol–water partition coefficient (Wildman–Crippen LogP) is 8.30. The Balaban J connectivity index is 4.71. The summed E-state index contributed by atoms with van der Waals surface area (Å²) in [6, 6.07) is -1.10. The van der Waals surface area contributed by atoms with Crippen LogP contribution in [0.1, 0.15) is 149 Å². The van der Waals surface area contributed by atoms with E-state index < -0.39 is 32.7 Å². The average molecular weight is 715 g/mol. The van der Waals surface area contributed by atoms with Crippen LogP contribution in [0.4, 0.5) is 0 Å². The highest BCUT2D eigenvalue weighted by molar-refractivity contribution is 7.45. The van der Waals surface area contributed by atoms with Crippen molar-refractivity contribution in [1.82, 2.24) is 5.32 Å². The van der Waals surface area contributed by atoms with Gasteiger partial charge in [-0.05, 0) is 77.0 Å². The number of nitrogens with one attached hydrogen (secondary N) is 1. The molecule has 3 N–H and O–H groups in total. The summed E-state index contributed by atoms with van der Waals surface area (Å²) in [6.07, 6.45) is 31.8. The Morgan fingerprint density at radius 2 is 1.18 bits per heavy atom. The number of nitrogens with zero attached hydrogens (tertiary/aromatic N) is 1. The number of quaternary nitrogens is 1. The molecule has 0 heterocycles. The van der Waals surface area contributed by atoms with Crippen LogP contribution in [0.3, 0.4) is 0 Å². The van der Waals surface area contributed by atoms with E-state index in [9.17, 15) is 24.5 Å². The fourth-order valence-electron chi connectivity index (χ4n) is 5.20. The average Bonchev–Trinajstić information content (AvgIpc) is 3.04. The molecule has 0 aliphatic carbocycles. The highest BCUT2D eigenvalue weighted by Gasteiger charge is 2.29. The quantitative estimate of drug-likeness (QED) is 0.0265. The molecule has 0 aliphatic heterocycles. The van der Waals surface area contributed by atoms with Crippen LogP contribution in [-0.2, 0) is 18.4 Å². The summed E-state index contributed by atoms with van der Waals surface area (Å²) in [6.45, 7) is 4.32. The summed E-state index contributed by atoms with van der Waals surface area (Å²) in [5.74, 6) is -0.306. The van der Waals surface area contributed by atoms with E-state index in [1.54, 1.807) is 0 Å². The molecule has 0 bridgehead atoms. The van der Waals surface area contributed by atoms with Crippen molar-refractivity contribution in [3.63, 3.8) is 0 Å². The number of aliphatic hydroxyl groups is 2. The molecule has 0 saturated heterocycles. The van der Waals surface area contributed by atoms with E-state index in [1.807, 2.05) is 21.1 Å². The fourth-order valence-corrected chi connectivity index (χ4v) is 5.93. The molecule has 4 unspecified atom stereocenters. The van der Waals surface area contributed by atoms with E-state index in [-0.39, 0.29) is 18.9 Å². The van der Waals surface area contributed by atoms with Crippen molar-refractivity contribution in [3.8, 4) is 0 Å². The number of carbonyl (C=O) groups excluding carboxylic acids is 1. The largest absolute Gasteiger partial charge is 0.756 e. The molecule has 0 aliphatic rings. The lowest BCUT2D eigenvalue weighted by Gasteiger charge is -2.31. The molecule has 9 nitrogen and oxygen atoms in total. The smallest absolute Gasteiger partial charge is 0.268 e. The maximum absolute atomic E-state index is 12.8. The number of allylic oxidation sites excluding steroid dienone is 6. The maximum Gasteiger partial charge on any atom is 0.268 e. The van der Waals surface area contributed by atoms with Crippen molar-refractivity contribution in [2.75, 3.05) is 40.9 Å². The minimum absolute atomic E-state index is 0.0510. The molecule has 288 valence electrons. The van der Waals surface area contributed by atoms with Gasteiger partial charge in [-0.3, -0.25) is 9.36 Å². The van der Waals surface area contributed by atoms with Gasteiger partial charge >= 0.3 is 0 Å². The Bertz CT molecular complexity index is 920. The molecular formula is C39H75N2O7P. The SMILES string of the molecule is CCCCC/C=C/CC/C=C/CCCC(O)C(O)C(COP(=O)([O-])OCC[N+](C)(C)C)NC(=O)CCCCCCC/C=C\CCCCCC. The van der Waals surface area contributed by atoms with E-state index in [0.717, 1.165) is 64.2 Å². The van der Waals surface area contributed by atoms with Crippen LogP contribution in [0.5, 0.6) is 0 Å². The van der Waals surface area contributed by atoms with Gasteiger partial charge in [-0.2, -0.15) is 0 Å². The van der Waals surface area contributed by atoms with Crippen molar-refractivity contribution < 1.29 is 38.0 Å². The van der Waals surface area contributed by atoms with Gasteiger partial charge in [0.25, 0.3) is 7.82 Å². The Labute approximate surface area is 300 Å². The van der Waals surface area contributed by atoms with Crippen LogP contribution < -0.4 is 10.2 Å². The lowest BCUT2D eigenvalue weighted by Crippen LogP contribution is -2.51. The molecular weight excluding hydrogens is 639 g/mol. The summed E-state index contributed by atoms with van der Waals surface area (Å²) in [4.78, 5) is 25.2. The number of aliphatic hydroxyl groups excluding tert-OH is 2. The number of hydrogen-bond acceptors (Lipinski definition) is 7. The van der Waals surface area contributed by atoms with Gasteiger partial charge in [-0.15, -0.1) is 0 Å². The van der Waals surface area contributed by atoms with E-state index in [1.165, 1.54) is 44.9 Å².